The molecule has 1 N–H and O–H groups in total. The predicted molar refractivity (Wildman–Crippen MR) is 106 cm³/mol. The van der Waals surface area contributed by atoms with Gasteiger partial charge in [0.25, 0.3) is 0 Å². The molecule has 1 amide bonds. The molecule has 2 aliphatic rings. The van der Waals surface area contributed by atoms with E-state index < -0.39 is 0 Å². The molecule has 1 saturated heterocycles. The van der Waals surface area contributed by atoms with Gasteiger partial charge < -0.3 is 10.2 Å². The van der Waals surface area contributed by atoms with Crippen LogP contribution in [-0.4, -0.2) is 48.8 Å². The van der Waals surface area contributed by atoms with Crippen LogP contribution < -0.4 is 10.2 Å². The van der Waals surface area contributed by atoms with E-state index in [0.29, 0.717) is 6.04 Å². The van der Waals surface area contributed by atoms with Gasteiger partial charge in [0.05, 0.1) is 11.4 Å². The van der Waals surface area contributed by atoms with Gasteiger partial charge >= 0.3 is 0 Å². The molecule has 146 valence electrons. The van der Waals surface area contributed by atoms with Crippen LogP contribution in [0.1, 0.15) is 58.5 Å². The molecular formula is C18H27N7OS. The number of rotatable bonds is 7. The lowest BCUT2D eigenvalue weighted by Gasteiger charge is -2.19. The topological polar surface area (TPSA) is 80.9 Å². The molecule has 9 heteroatoms. The highest BCUT2D eigenvalue weighted by molar-refractivity contribution is 8.00. The van der Waals surface area contributed by atoms with E-state index in [4.69, 9.17) is 0 Å². The van der Waals surface area contributed by atoms with Crippen molar-refractivity contribution in [2.75, 3.05) is 23.3 Å². The predicted octanol–water partition coefficient (Wildman–Crippen LogP) is 3.11. The molecule has 2 aromatic heterocycles. The zero-order valence-corrected chi connectivity index (χ0v) is 16.9. The van der Waals surface area contributed by atoms with Crippen LogP contribution in [0.25, 0.3) is 0 Å². The van der Waals surface area contributed by atoms with E-state index >= 15 is 0 Å². The quantitative estimate of drug-likeness (QED) is 0.733. The van der Waals surface area contributed by atoms with Crippen molar-refractivity contribution in [3.8, 4) is 0 Å². The maximum Gasteiger partial charge on any atom is 0.238 e. The van der Waals surface area contributed by atoms with Gasteiger partial charge in [-0.15, -0.1) is 10.2 Å². The van der Waals surface area contributed by atoms with E-state index in [9.17, 15) is 4.79 Å². The van der Waals surface area contributed by atoms with Crippen molar-refractivity contribution in [2.24, 2.45) is 0 Å². The standard InChI is InChI=1S/C18H27N7OS/c1-12(2)25-15(8-9-19-25)20-16(26)13(3)27-18-22-21-17(23-10-4-5-11-23)24(18)14-6-7-14/h8-9,12-14H,4-7,10-11H2,1-3H3,(H,20,26)/t13-/m0/s1. The van der Waals surface area contributed by atoms with Crippen LogP contribution in [0, 0.1) is 0 Å². The molecule has 1 atom stereocenters. The van der Waals surface area contributed by atoms with Crippen LogP contribution in [-0.2, 0) is 4.79 Å². The van der Waals surface area contributed by atoms with Gasteiger partial charge in [-0.2, -0.15) is 5.10 Å². The van der Waals surface area contributed by atoms with Crippen LogP contribution in [0.5, 0.6) is 0 Å². The number of thioether (sulfide) groups is 1. The second-order valence-corrected chi connectivity index (χ2v) is 8.89. The van der Waals surface area contributed by atoms with Gasteiger partial charge in [0, 0.05) is 31.2 Å². The summed E-state index contributed by atoms with van der Waals surface area (Å²) in [6, 6.07) is 2.50. The minimum Gasteiger partial charge on any atom is -0.341 e. The van der Waals surface area contributed by atoms with Crippen LogP contribution in [0.2, 0.25) is 0 Å². The summed E-state index contributed by atoms with van der Waals surface area (Å²) in [5, 5.41) is 16.7. The van der Waals surface area contributed by atoms with Gasteiger partial charge in [0.15, 0.2) is 5.16 Å². The SMILES string of the molecule is CC(C)n1nccc1NC(=O)[C@H](C)Sc1nnc(N2CCCC2)n1C1CC1. The first kappa shape index (κ1) is 18.3. The highest BCUT2D eigenvalue weighted by Gasteiger charge is 2.33. The number of nitrogens with zero attached hydrogens (tertiary/aromatic N) is 6. The fraction of sp³-hybridized carbons (Fsp3) is 0.667. The second-order valence-electron chi connectivity index (χ2n) is 7.58. The Bertz CT molecular complexity index is 804. The number of carbonyl (C=O) groups is 1. The van der Waals surface area contributed by atoms with Crippen molar-refractivity contribution in [3.63, 3.8) is 0 Å². The Morgan fingerprint density at radius 2 is 1.96 bits per heavy atom. The van der Waals surface area contributed by atoms with Crippen molar-refractivity contribution in [3.05, 3.63) is 12.3 Å². The largest absolute Gasteiger partial charge is 0.341 e. The van der Waals surface area contributed by atoms with Crippen molar-refractivity contribution in [1.82, 2.24) is 24.5 Å². The Morgan fingerprint density at radius 3 is 2.63 bits per heavy atom. The first-order valence-corrected chi connectivity index (χ1v) is 10.6. The number of aromatic nitrogens is 5. The number of hydrogen-bond donors (Lipinski definition) is 1. The molecule has 4 rings (SSSR count). The summed E-state index contributed by atoms with van der Waals surface area (Å²) in [7, 11) is 0. The molecule has 0 unspecified atom stereocenters. The third-order valence-corrected chi connectivity index (χ3v) is 6.07. The van der Waals surface area contributed by atoms with E-state index in [1.54, 1.807) is 6.20 Å². The summed E-state index contributed by atoms with van der Waals surface area (Å²) in [5.74, 6) is 1.65. The van der Waals surface area contributed by atoms with E-state index in [2.05, 4.69) is 30.1 Å². The first-order valence-electron chi connectivity index (χ1n) is 9.75. The van der Waals surface area contributed by atoms with Crippen LogP contribution >= 0.6 is 11.8 Å². The van der Waals surface area contributed by atoms with Gasteiger partial charge in [-0.25, -0.2) is 4.68 Å². The summed E-state index contributed by atoms with van der Waals surface area (Å²) in [6.07, 6.45) is 6.46. The highest BCUT2D eigenvalue weighted by Crippen LogP contribution is 2.42. The van der Waals surface area contributed by atoms with Gasteiger partial charge in [0.2, 0.25) is 11.9 Å². The van der Waals surface area contributed by atoms with E-state index in [0.717, 1.165) is 30.0 Å². The highest BCUT2D eigenvalue weighted by atomic mass is 32.2. The lowest BCUT2D eigenvalue weighted by Crippen LogP contribution is -2.25. The molecule has 0 spiro atoms. The molecule has 3 heterocycles. The van der Waals surface area contributed by atoms with Crippen molar-refractivity contribution >= 4 is 29.4 Å². The molecule has 1 aliphatic heterocycles. The summed E-state index contributed by atoms with van der Waals surface area (Å²) in [5.41, 5.74) is 0. The van der Waals surface area contributed by atoms with Crippen LogP contribution in [0.4, 0.5) is 11.8 Å². The maximum atomic E-state index is 12.7. The van der Waals surface area contributed by atoms with Crippen LogP contribution in [0.3, 0.4) is 0 Å². The van der Waals surface area contributed by atoms with E-state index in [1.165, 1.54) is 37.4 Å². The molecule has 8 nitrogen and oxygen atoms in total. The van der Waals surface area contributed by atoms with E-state index in [-0.39, 0.29) is 17.2 Å². The zero-order chi connectivity index (χ0) is 19.0. The summed E-state index contributed by atoms with van der Waals surface area (Å²) in [6.45, 7) is 8.09. The average molecular weight is 390 g/mol. The Morgan fingerprint density at radius 1 is 1.22 bits per heavy atom. The van der Waals surface area contributed by atoms with Gasteiger partial charge in [0.1, 0.15) is 5.82 Å². The number of amides is 1. The monoisotopic (exact) mass is 389 g/mol. The fourth-order valence-corrected chi connectivity index (χ4v) is 4.31. The number of hydrogen-bond acceptors (Lipinski definition) is 6. The average Bonchev–Trinajstić information content (AvgIpc) is 3.06. The maximum absolute atomic E-state index is 12.7. The van der Waals surface area contributed by atoms with Gasteiger partial charge in [-0.1, -0.05) is 11.8 Å². The van der Waals surface area contributed by atoms with Crippen molar-refractivity contribution in [1.29, 1.82) is 0 Å². The van der Waals surface area contributed by atoms with Gasteiger partial charge in [-0.3, -0.25) is 9.36 Å². The molecule has 0 aromatic carbocycles. The molecule has 2 aromatic rings. The Balaban J connectivity index is 1.47. The number of nitrogens with one attached hydrogen (secondary N) is 1. The summed E-state index contributed by atoms with van der Waals surface area (Å²) >= 11 is 1.48. The second kappa shape index (κ2) is 7.53. The van der Waals surface area contributed by atoms with Gasteiger partial charge in [-0.05, 0) is 46.5 Å². The number of anilines is 2. The van der Waals surface area contributed by atoms with Crippen LogP contribution in [0.15, 0.2) is 17.4 Å². The molecule has 0 bridgehead atoms. The number of carbonyl (C=O) groups excluding carboxylic acids is 1. The Hall–Kier alpha value is -2.03. The zero-order valence-electron chi connectivity index (χ0n) is 16.1. The minimum atomic E-state index is -0.270. The van der Waals surface area contributed by atoms with Crippen molar-refractivity contribution in [2.45, 2.75) is 68.9 Å². The lowest BCUT2D eigenvalue weighted by molar-refractivity contribution is -0.115. The molecule has 1 saturated carbocycles. The van der Waals surface area contributed by atoms with E-state index in [1.807, 2.05) is 31.5 Å². The first-order chi connectivity index (χ1) is 13.0. The molecule has 0 radical (unpaired) electrons. The minimum absolute atomic E-state index is 0.0459. The smallest absolute Gasteiger partial charge is 0.238 e. The molecular weight excluding hydrogens is 362 g/mol. The third-order valence-electron chi connectivity index (χ3n) is 5.01. The molecule has 1 aliphatic carbocycles. The molecule has 27 heavy (non-hydrogen) atoms. The summed E-state index contributed by atoms with van der Waals surface area (Å²) in [4.78, 5) is 15.0. The lowest BCUT2D eigenvalue weighted by atomic mass is 10.4. The normalized spacial score (nSPS) is 18.3. The Labute approximate surface area is 163 Å². The summed E-state index contributed by atoms with van der Waals surface area (Å²) < 4.78 is 4.06. The van der Waals surface area contributed by atoms with Crippen molar-refractivity contribution < 1.29 is 4.79 Å². The third kappa shape index (κ3) is 3.83. The Kier molecular flexibility index (Phi) is 5.12. The molecule has 2 fully saturated rings. The fourth-order valence-electron chi connectivity index (χ4n) is 3.40.